The molecule has 0 radical (unpaired) electrons. The van der Waals surface area contributed by atoms with E-state index in [9.17, 15) is 0 Å². The Hall–Kier alpha value is -0.790. The standard InChI is InChI=1S/C14H12BrClN2O2S.ClH/c1-19-7-10-12(15)13-14(20-10)9(5-11(16)18-13)17-6-8-3-2-4-21-8;/h2-5H,6-7H2,1H3,(H,17,18);1H. The summed E-state index contributed by atoms with van der Waals surface area (Å²) in [6.45, 7) is 1.09. The highest BCUT2D eigenvalue weighted by Crippen LogP contribution is 2.36. The molecule has 0 saturated heterocycles. The van der Waals surface area contributed by atoms with Crippen molar-refractivity contribution in [3.8, 4) is 0 Å². The molecule has 1 N–H and O–H groups in total. The van der Waals surface area contributed by atoms with E-state index in [1.165, 1.54) is 4.88 Å². The predicted octanol–water partition coefficient (Wildman–Crippen LogP) is 5.49. The van der Waals surface area contributed by atoms with E-state index in [4.69, 9.17) is 20.8 Å². The van der Waals surface area contributed by atoms with E-state index in [1.807, 2.05) is 11.4 Å². The van der Waals surface area contributed by atoms with Crippen LogP contribution in [0.3, 0.4) is 0 Å². The maximum atomic E-state index is 6.10. The van der Waals surface area contributed by atoms with Gasteiger partial charge in [0, 0.05) is 24.6 Å². The number of thiophene rings is 1. The predicted molar refractivity (Wildman–Crippen MR) is 96.3 cm³/mol. The van der Waals surface area contributed by atoms with Crippen molar-refractivity contribution < 1.29 is 9.15 Å². The second-order valence-electron chi connectivity index (χ2n) is 4.38. The number of hydrogen-bond donors (Lipinski definition) is 1. The molecule has 0 atom stereocenters. The fourth-order valence-corrected chi connectivity index (χ4v) is 3.31. The molecule has 0 amide bonds. The Morgan fingerprint density at radius 1 is 1.50 bits per heavy atom. The van der Waals surface area contributed by atoms with Gasteiger partial charge in [-0.2, -0.15) is 0 Å². The number of furan rings is 1. The molecule has 3 heterocycles. The van der Waals surface area contributed by atoms with E-state index in [1.54, 1.807) is 24.5 Å². The largest absolute Gasteiger partial charge is 0.453 e. The normalized spacial score (nSPS) is 10.7. The molecule has 0 aliphatic heterocycles. The molecule has 8 heteroatoms. The van der Waals surface area contributed by atoms with Gasteiger partial charge in [-0.15, -0.1) is 23.7 Å². The zero-order valence-electron chi connectivity index (χ0n) is 11.6. The highest BCUT2D eigenvalue weighted by molar-refractivity contribution is 9.10. The molecule has 3 aromatic heterocycles. The highest BCUT2D eigenvalue weighted by Gasteiger charge is 2.17. The first-order valence-corrected chi connectivity index (χ1v) is 8.26. The maximum Gasteiger partial charge on any atom is 0.177 e. The van der Waals surface area contributed by atoms with Crippen LogP contribution >= 0.6 is 51.3 Å². The van der Waals surface area contributed by atoms with Gasteiger partial charge in [0.15, 0.2) is 5.58 Å². The second kappa shape index (κ2) is 7.66. The Labute approximate surface area is 151 Å². The summed E-state index contributed by atoms with van der Waals surface area (Å²) >= 11 is 11.3. The Balaban J connectivity index is 0.00000176. The van der Waals surface area contributed by atoms with E-state index in [2.05, 4.69) is 32.3 Å². The quantitative estimate of drug-likeness (QED) is 0.551. The van der Waals surface area contributed by atoms with Gasteiger partial charge < -0.3 is 14.5 Å². The third-order valence-corrected chi connectivity index (χ3v) is 4.82. The van der Waals surface area contributed by atoms with Crippen molar-refractivity contribution in [3.63, 3.8) is 0 Å². The van der Waals surface area contributed by atoms with Crippen molar-refractivity contribution >= 4 is 68.1 Å². The number of rotatable bonds is 5. The number of nitrogens with zero attached hydrogens (tertiary/aromatic N) is 1. The molecule has 118 valence electrons. The summed E-state index contributed by atoms with van der Waals surface area (Å²) in [5.74, 6) is 0.696. The molecule has 0 aliphatic carbocycles. The molecular formula is C14H13BrCl2N2O2S. The SMILES string of the molecule is COCc1oc2c(NCc3cccs3)cc(Cl)nc2c1Br.Cl. The average molecular weight is 424 g/mol. The summed E-state index contributed by atoms with van der Waals surface area (Å²) in [4.78, 5) is 5.55. The zero-order valence-corrected chi connectivity index (χ0v) is 15.5. The first kappa shape index (κ1) is 17.6. The maximum absolute atomic E-state index is 6.10. The van der Waals surface area contributed by atoms with Crippen LogP contribution in [0, 0.1) is 0 Å². The molecule has 0 aliphatic rings. The highest BCUT2D eigenvalue weighted by atomic mass is 79.9. The third-order valence-electron chi connectivity index (χ3n) is 2.93. The van der Waals surface area contributed by atoms with Crippen LogP contribution in [0.15, 0.2) is 32.5 Å². The van der Waals surface area contributed by atoms with Crippen LogP contribution in [0.4, 0.5) is 5.69 Å². The fraction of sp³-hybridized carbons (Fsp3) is 0.214. The molecule has 3 rings (SSSR count). The molecule has 4 nitrogen and oxygen atoms in total. The van der Waals surface area contributed by atoms with E-state index in [0.29, 0.717) is 35.2 Å². The van der Waals surface area contributed by atoms with Gasteiger partial charge in [-0.3, -0.25) is 0 Å². The Bertz CT molecular complexity index is 762. The molecule has 0 fully saturated rings. The van der Waals surface area contributed by atoms with Crippen LogP contribution in [-0.4, -0.2) is 12.1 Å². The van der Waals surface area contributed by atoms with Gasteiger partial charge in [0.25, 0.3) is 0 Å². The Morgan fingerprint density at radius 2 is 2.32 bits per heavy atom. The van der Waals surface area contributed by atoms with Crippen LogP contribution in [0.25, 0.3) is 11.1 Å². The fourth-order valence-electron chi connectivity index (χ4n) is 2.00. The van der Waals surface area contributed by atoms with Gasteiger partial charge in [0.2, 0.25) is 0 Å². The molecule has 0 saturated carbocycles. The van der Waals surface area contributed by atoms with Gasteiger partial charge >= 0.3 is 0 Å². The number of methoxy groups -OCH3 is 1. The smallest absolute Gasteiger partial charge is 0.177 e. The molecule has 0 aromatic carbocycles. The number of halogens is 3. The number of aromatic nitrogens is 1. The number of pyridine rings is 1. The van der Waals surface area contributed by atoms with Crippen LogP contribution in [0.5, 0.6) is 0 Å². The number of anilines is 1. The van der Waals surface area contributed by atoms with Crippen LogP contribution < -0.4 is 5.32 Å². The Morgan fingerprint density at radius 3 is 3.00 bits per heavy atom. The van der Waals surface area contributed by atoms with Crippen molar-refractivity contribution in [2.24, 2.45) is 0 Å². The Kier molecular flexibility index (Phi) is 6.11. The molecule has 22 heavy (non-hydrogen) atoms. The van der Waals surface area contributed by atoms with Gasteiger partial charge in [-0.1, -0.05) is 17.7 Å². The van der Waals surface area contributed by atoms with E-state index in [0.717, 1.165) is 10.2 Å². The van der Waals surface area contributed by atoms with Gasteiger partial charge in [0.1, 0.15) is 23.0 Å². The summed E-state index contributed by atoms with van der Waals surface area (Å²) in [7, 11) is 1.62. The van der Waals surface area contributed by atoms with Crippen molar-refractivity contribution in [2.75, 3.05) is 12.4 Å². The molecule has 0 spiro atoms. The van der Waals surface area contributed by atoms with Crippen LogP contribution in [0.1, 0.15) is 10.6 Å². The van der Waals surface area contributed by atoms with Crippen LogP contribution in [-0.2, 0) is 17.9 Å². The number of hydrogen-bond acceptors (Lipinski definition) is 5. The van der Waals surface area contributed by atoms with Gasteiger partial charge in [-0.25, -0.2) is 4.98 Å². The monoisotopic (exact) mass is 422 g/mol. The number of nitrogens with one attached hydrogen (secondary N) is 1. The lowest BCUT2D eigenvalue weighted by atomic mass is 10.3. The first-order valence-electron chi connectivity index (χ1n) is 6.21. The third kappa shape index (κ3) is 3.58. The minimum Gasteiger partial charge on any atom is -0.453 e. The summed E-state index contributed by atoms with van der Waals surface area (Å²) in [6, 6.07) is 5.87. The minimum absolute atomic E-state index is 0. The first-order chi connectivity index (χ1) is 10.2. The lowest BCUT2D eigenvalue weighted by molar-refractivity contribution is 0.165. The number of ether oxygens (including phenoxy) is 1. The van der Waals surface area contributed by atoms with Crippen molar-refractivity contribution in [1.82, 2.24) is 4.98 Å². The molecule has 0 bridgehead atoms. The molecular weight excluding hydrogens is 411 g/mol. The van der Waals surface area contributed by atoms with Gasteiger partial charge in [-0.05, 0) is 27.4 Å². The van der Waals surface area contributed by atoms with Crippen molar-refractivity contribution in [1.29, 1.82) is 0 Å². The topological polar surface area (TPSA) is 47.3 Å². The van der Waals surface area contributed by atoms with Crippen LogP contribution in [0.2, 0.25) is 5.15 Å². The van der Waals surface area contributed by atoms with E-state index >= 15 is 0 Å². The van der Waals surface area contributed by atoms with E-state index < -0.39 is 0 Å². The summed E-state index contributed by atoms with van der Waals surface area (Å²) in [5, 5.41) is 5.81. The summed E-state index contributed by atoms with van der Waals surface area (Å²) in [6.07, 6.45) is 0. The second-order valence-corrected chi connectivity index (χ2v) is 6.59. The average Bonchev–Trinajstić information content (AvgIpc) is 3.07. The lowest BCUT2D eigenvalue weighted by Crippen LogP contribution is -1.98. The number of fused-ring (bicyclic) bond motifs is 1. The van der Waals surface area contributed by atoms with Gasteiger partial charge in [0.05, 0.1) is 10.2 Å². The van der Waals surface area contributed by atoms with Crippen molar-refractivity contribution in [3.05, 3.63) is 43.8 Å². The zero-order chi connectivity index (χ0) is 14.8. The van der Waals surface area contributed by atoms with Crippen molar-refractivity contribution in [2.45, 2.75) is 13.2 Å². The molecule has 3 aromatic rings. The summed E-state index contributed by atoms with van der Waals surface area (Å²) < 4.78 is 11.7. The summed E-state index contributed by atoms with van der Waals surface area (Å²) in [5.41, 5.74) is 2.19. The van der Waals surface area contributed by atoms with E-state index in [-0.39, 0.29) is 12.4 Å². The molecule has 0 unspecified atom stereocenters. The lowest BCUT2D eigenvalue weighted by Gasteiger charge is -2.05. The minimum atomic E-state index is 0.